The zero-order valence-electron chi connectivity index (χ0n) is 14.1. The maximum absolute atomic E-state index is 10.00. The topological polar surface area (TPSA) is 62.2 Å². The maximum Gasteiger partial charge on any atom is 0.139 e. The zero-order valence-corrected chi connectivity index (χ0v) is 14.1. The van der Waals surface area contributed by atoms with E-state index in [9.17, 15) is 5.26 Å². The number of hydrogen-bond acceptors (Lipinski definition) is 3. The van der Waals surface area contributed by atoms with Crippen molar-refractivity contribution in [2.45, 2.75) is 5.41 Å². The lowest BCUT2D eigenvalue weighted by molar-refractivity contribution is 0.842. The molecule has 0 aromatic heterocycles. The Morgan fingerprint density at radius 3 is 1.65 bits per heavy atom. The van der Waals surface area contributed by atoms with E-state index in [0.717, 1.165) is 22.4 Å². The molecule has 0 bridgehead atoms. The summed E-state index contributed by atoms with van der Waals surface area (Å²) < 4.78 is 0. The van der Waals surface area contributed by atoms with Gasteiger partial charge in [-0.25, -0.2) is 4.99 Å². The highest BCUT2D eigenvalue weighted by Crippen LogP contribution is 2.46. The van der Waals surface area contributed by atoms with Crippen LogP contribution in [0.2, 0.25) is 0 Å². The minimum absolute atomic E-state index is 0.277. The molecular weight excluding hydrogens is 318 g/mol. The standard InChI is InChI=1S/C23H17N3/c24-16-20-22(25)26-21(17-10-4-1-5-11-17)23(20,18-12-6-2-7-13-18)19-14-8-3-9-15-19/h1-15H,25H2. The molecule has 0 fully saturated rings. The van der Waals surface area contributed by atoms with Gasteiger partial charge in [-0.05, 0) is 16.7 Å². The smallest absolute Gasteiger partial charge is 0.139 e. The highest BCUT2D eigenvalue weighted by atomic mass is 15.0. The van der Waals surface area contributed by atoms with Crippen LogP contribution in [0, 0.1) is 11.3 Å². The van der Waals surface area contributed by atoms with Gasteiger partial charge in [0.25, 0.3) is 0 Å². The molecule has 3 nitrogen and oxygen atoms in total. The summed E-state index contributed by atoms with van der Waals surface area (Å²) in [6.07, 6.45) is 0. The van der Waals surface area contributed by atoms with Gasteiger partial charge in [-0.3, -0.25) is 0 Å². The van der Waals surface area contributed by atoms with Crippen molar-refractivity contribution in [3.05, 3.63) is 119 Å². The Morgan fingerprint density at radius 1 is 0.731 bits per heavy atom. The predicted molar refractivity (Wildman–Crippen MR) is 103 cm³/mol. The van der Waals surface area contributed by atoms with Crippen molar-refractivity contribution in [1.82, 2.24) is 0 Å². The van der Waals surface area contributed by atoms with E-state index in [4.69, 9.17) is 5.73 Å². The van der Waals surface area contributed by atoms with E-state index in [0.29, 0.717) is 5.57 Å². The number of aliphatic imine (C=N–C) groups is 1. The first kappa shape index (κ1) is 15.9. The Hall–Kier alpha value is -3.64. The van der Waals surface area contributed by atoms with Gasteiger partial charge in [0.05, 0.1) is 11.3 Å². The molecule has 2 N–H and O–H groups in total. The largest absolute Gasteiger partial charge is 0.383 e. The average Bonchev–Trinajstić information content (AvgIpc) is 3.03. The summed E-state index contributed by atoms with van der Waals surface area (Å²) in [6.45, 7) is 0. The highest BCUT2D eigenvalue weighted by Gasteiger charge is 2.48. The summed E-state index contributed by atoms with van der Waals surface area (Å²) in [7, 11) is 0. The number of benzene rings is 3. The molecule has 3 heteroatoms. The molecule has 1 aliphatic rings. The van der Waals surface area contributed by atoms with Crippen molar-refractivity contribution in [3.8, 4) is 6.07 Å². The normalized spacial score (nSPS) is 15.4. The van der Waals surface area contributed by atoms with Crippen molar-refractivity contribution < 1.29 is 0 Å². The minimum atomic E-state index is -0.817. The van der Waals surface area contributed by atoms with E-state index < -0.39 is 5.41 Å². The van der Waals surface area contributed by atoms with Gasteiger partial charge in [0.1, 0.15) is 17.3 Å². The van der Waals surface area contributed by atoms with Crippen LogP contribution in [0.5, 0.6) is 0 Å². The molecule has 0 spiro atoms. The van der Waals surface area contributed by atoms with Gasteiger partial charge in [0, 0.05) is 0 Å². The van der Waals surface area contributed by atoms with Crippen LogP contribution in [0.15, 0.2) is 107 Å². The molecule has 0 amide bonds. The second-order valence-corrected chi connectivity index (χ2v) is 6.18. The minimum Gasteiger partial charge on any atom is -0.383 e. The first-order valence-electron chi connectivity index (χ1n) is 8.44. The third-order valence-electron chi connectivity index (χ3n) is 4.79. The summed E-state index contributed by atoms with van der Waals surface area (Å²) >= 11 is 0. The quantitative estimate of drug-likeness (QED) is 0.781. The Morgan fingerprint density at radius 2 is 1.19 bits per heavy atom. The second kappa shape index (κ2) is 6.34. The third-order valence-corrected chi connectivity index (χ3v) is 4.79. The molecule has 0 atom stereocenters. The second-order valence-electron chi connectivity index (χ2n) is 6.18. The van der Waals surface area contributed by atoms with Crippen LogP contribution in [-0.2, 0) is 5.41 Å². The maximum atomic E-state index is 10.00. The lowest BCUT2D eigenvalue weighted by Gasteiger charge is -2.33. The molecule has 0 saturated carbocycles. The molecular formula is C23H17N3. The van der Waals surface area contributed by atoms with Gasteiger partial charge >= 0.3 is 0 Å². The van der Waals surface area contributed by atoms with E-state index >= 15 is 0 Å². The van der Waals surface area contributed by atoms with E-state index in [1.54, 1.807) is 0 Å². The number of allylic oxidation sites excluding steroid dienone is 1. The van der Waals surface area contributed by atoms with Crippen molar-refractivity contribution in [2.75, 3.05) is 0 Å². The fraction of sp³-hybridized carbons (Fsp3) is 0.0435. The van der Waals surface area contributed by atoms with E-state index in [-0.39, 0.29) is 5.82 Å². The van der Waals surface area contributed by atoms with Crippen molar-refractivity contribution in [2.24, 2.45) is 10.7 Å². The van der Waals surface area contributed by atoms with E-state index in [1.165, 1.54) is 0 Å². The fourth-order valence-corrected chi connectivity index (χ4v) is 3.69. The molecule has 26 heavy (non-hydrogen) atoms. The third kappa shape index (κ3) is 2.24. The lowest BCUT2D eigenvalue weighted by atomic mass is 9.65. The van der Waals surface area contributed by atoms with E-state index in [1.807, 2.05) is 91.0 Å². The fourth-order valence-electron chi connectivity index (χ4n) is 3.69. The number of hydrogen-bond donors (Lipinski definition) is 1. The molecule has 0 unspecified atom stereocenters. The number of nitrogens with two attached hydrogens (primary N) is 1. The average molecular weight is 335 g/mol. The lowest BCUT2D eigenvalue weighted by Crippen LogP contribution is -2.37. The monoisotopic (exact) mass is 335 g/mol. The summed E-state index contributed by atoms with van der Waals surface area (Å²) in [5.74, 6) is 0.277. The van der Waals surface area contributed by atoms with Crippen LogP contribution >= 0.6 is 0 Å². The molecule has 1 heterocycles. The Balaban J connectivity index is 2.11. The van der Waals surface area contributed by atoms with Gasteiger partial charge in [-0.15, -0.1) is 0 Å². The van der Waals surface area contributed by atoms with Gasteiger partial charge < -0.3 is 5.73 Å². The van der Waals surface area contributed by atoms with Gasteiger partial charge in [0.2, 0.25) is 0 Å². The van der Waals surface area contributed by atoms with Gasteiger partial charge in [-0.2, -0.15) is 5.26 Å². The molecule has 3 aromatic rings. The summed E-state index contributed by atoms with van der Waals surface area (Å²) in [5.41, 5.74) is 9.58. The SMILES string of the molecule is N#CC1=C(N)N=C(c2ccccc2)C1(c1ccccc1)c1ccccc1. The van der Waals surface area contributed by atoms with Crippen molar-refractivity contribution in [3.63, 3.8) is 0 Å². The number of nitrogens with zero attached hydrogens (tertiary/aromatic N) is 2. The van der Waals surface area contributed by atoms with Crippen LogP contribution < -0.4 is 5.73 Å². The van der Waals surface area contributed by atoms with Crippen molar-refractivity contribution >= 4 is 5.71 Å². The molecule has 4 rings (SSSR count). The van der Waals surface area contributed by atoms with Gasteiger partial charge in [-0.1, -0.05) is 91.0 Å². The summed E-state index contributed by atoms with van der Waals surface area (Å²) in [4.78, 5) is 4.67. The van der Waals surface area contributed by atoms with Crippen LogP contribution in [0.1, 0.15) is 16.7 Å². The number of nitriles is 1. The molecule has 1 aliphatic heterocycles. The first-order chi connectivity index (χ1) is 12.8. The molecule has 0 radical (unpaired) electrons. The van der Waals surface area contributed by atoms with E-state index in [2.05, 4.69) is 11.1 Å². The molecule has 3 aromatic carbocycles. The highest BCUT2D eigenvalue weighted by molar-refractivity contribution is 6.15. The first-order valence-corrected chi connectivity index (χ1v) is 8.44. The summed E-state index contributed by atoms with van der Waals surface area (Å²) in [5, 5.41) is 10.00. The summed E-state index contributed by atoms with van der Waals surface area (Å²) in [6, 6.07) is 32.2. The molecule has 0 aliphatic carbocycles. The van der Waals surface area contributed by atoms with Crippen molar-refractivity contribution in [1.29, 1.82) is 5.26 Å². The molecule has 124 valence electrons. The Labute approximate surface area is 152 Å². The number of rotatable bonds is 3. The predicted octanol–water partition coefficient (Wildman–Crippen LogP) is 4.17. The van der Waals surface area contributed by atoms with Crippen LogP contribution in [0.3, 0.4) is 0 Å². The zero-order chi connectivity index (χ0) is 18.0. The Kier molecular flexibility index (Phi) is 3.87. The van der Waals surface area contributed by atoms with Crippen LogP contribution in [0.4, 0.5) is 0 Å². The van der Waals surface area contributed by atoms with Crippen LogP contribution in [0.25, 0.3) is 0 Å². The Bertz CT molecular complexity index is 988. The molecule has 0 saturated heterocycles. The van der Waals surface area contributed by atoms with Crippen LogP contribution in [-0.4, -0.2) is 5.71 Å². The van der Waals surface area contributed by atoms with Gasteiger partial charge in [0.15, 0.2) is 0 Å².